The van der Waals surface area contributed by atoms with E-state index in [-0.39, 0.29) is 0 Å². The fourth-order valence-corrected chi connectivity index (χ4v) is 2.24. The summed E-state index contributed by atoms with van der Waals surface area (Å²) in [5, 5.41) is 3.11. The average molecular weight is 283 g/mol. The summed E-state index contributed by atoms with van der Waals surface area (Å²) in [5.41, 5.74) is 8.60. The molecule has 0 aliphatic carbocycles. The predicted octanol–water partition coefficient (Wildman–Crippen LogP) is 2.92. The van der Waals surface area contributed by atoms with Crippen LogP contribution in [0, 0.1) is 0 Å². The Morgan fingerprint density at radius 2 is 1.86 bits per heavy atom. The second kappa shape index (κ2) is 4.59. The maximum absolute atomic E-state index is 5.73. The topological polar surface area (TPSA) is 82.5 Å². The molecular formula is C15H13N3O3. The van der Waals surface area contributed by atoms with Gasteiger partial charge in [-0.3, -0.25) is 0 Å². The lowest BCUT2D eigenvalue weighted by atomic mass is 10.2. The number of aromatic nitrogens is 1. The number of ether oxygens (including phenoxy) is 2. The van der Waals surface area contributed by atoms with Crippen molar-refractivity contribution in [1.82, 2.24) is 4.98 Å². The molecule has 1 aliphatic rings. The van der Waals surface area contributed by atoms with Gasteiger partial charge in [0, 0.05) is 17.4 Å². The molecule has 0 amide bonds. The smallest absolute Gasteiger partial charge is 0.300 e. The maximum atomic E-state index is 5.73. The van der Waals surface area contributed by atoms with Crippen molar-refractivity contribution in [2.45, 2.75) is 0 Å². The molecule has 0 saturated heterocycles. The maximum Gasteiger partial charge on any atom is 0.300 e. The Bertz CT molecular complexity index is 813. The largest absolute Gasteiger partial charge is 0.486 e. The van der Waals surface area contributed by atoms with Gasteiger partial charge in [0.25, 0.3) is 6.01 Å². The highest BCUT2D eigenvalue weighted by Crippen LogP contribution is 2.34. The summed E-state index contributed by atoms with van der Waals surface area (Å²) in [6, 6.07) is 11.4. The van der Waals surface area contributed by atoms with Crippen LogP contribution in [-0.2, 0) is 0 Å². The Hall–Kier alpha value is -2.89. The van der Waals surface area contributed by atoms with Gasteiger partial charge in [0.15, 0.2) is 17.1 Å². The third kappa shape index (κ3) is 2.20. The van der Waals surface area contributed by atoms with Crippen LogP contribution in [0.5, 0.6) is 11.5 Å². The van der Waals surface area contributed by atoms with E-state index >= 15 is 0 Å². The molecule has 0 spiro atoms. The van der Waals surface area contributed by atoms with Gasteiger partial charge in [0.2, 0.25) is 0 Å². The second-order valence-corrected chi connectivity index (χ2v) is 4.73. The molecule has 3 aromatic rings. The number of rotatable bonds is 2. The number of nitrogens with zero attached hydrogens (tertiary/aromatic N) is 1. The van der Waals surface area contributed by atoms with E-state index in [9.17, 15) is 0 Å². The lowest BCUT2D eigenvalue weighted by Gasteiger charge is -2.18. The number of benzene rings is 2. The fraction of sp³-hybridized carbons (Fsp3) is 0.133. The number of anilines is 3. The van der Waals surface area contributed by atoms with E-state index in [1.54, 1.807) is 18.2 Å². The van der Waals surface area contributed by atoms with E-state index in [0.29, 0.717) is 36.2 Å². The van der Waals surface area contributed by atoms with E-state index in [1.165, 1.54) is 0 Å². The molecule has 0 radical (unpaired) electrons. The molecule has 4 rings (SSSR count). The van der Waals surface area contributed by atoms with Crippen molar-refractivity contribution in [3.05, 3.63) is 36.4 Å². The van der Waals surface area contributed by atoms with Gasteiger partial charge in [-0.2, -0.15) is 4.98 Å². The summed E-state index contributed by atoms with van der Waals surface area (Å²) in [5.74, 6) is 1.46. The molecule has 21 heavy (non-hydrogen) atoms. The van der Waals surface area contributed by atoms with Crippen molar-refractivity contribution in [1.29, 1.82) is 0 Å². The van der Waals surface area contributed by atoms with E-state index in [1.807, 2.05) is 18.2 Å². The molecule has 6 heteroatoms. The van der Waals surface area contributed by atoms with Crippen LogP contribution in [0.2, 0.25) is 0 Å². The minimum atomic E-state index is 0.410. The third-order valence-electron chi connectivity index (χ3n) is 3.21. The molecular weight excluding hydrogens is 270 g/mol. The summed E-state index contributed by atoms with van der Waals surface area (Å²) in [7, 11) is 0. The zero-order valence-electron chi connectivity index (χ0n) is 11.1. The number of oxazole rings is 1. The standard InChI is InChI=1S/C15H13N3O3/c16-9-1-3-12-11(7-9)18-15(21-12)17-10-2-4-13-14(8-10)20-6-5-19-13/h1-4,7-8H,5-6,16H2,(H,17,18). The molecule has 1 aromatic heterocycles. The third-order valence-corrected chi connectivity index (χ3v) is 3.21. The molecule has 0 atom stereocenters. The summed E-state index contributed by atoms with van der Waals surface area (Å²) in [6.07, 6.45) is 0. The van der Waals surface area contributed by atoms with Gasteiger partial charge in [0.1, 0.15) is 18.7 Å². The highest BCUT2D eigenvalue weighted by atomic mass is 16.6. The molecule has 0 saturated carbocycles. The monoisotopic (exact) mass is 283 g/mol. The highest BCUT2D eigenvalue weighted by molar-refractivity contribution is 5.78. The Labute approximate surface area is 120 Å². The first-order valence-corrected chi connectivity index (χ1v) is 6.61. The zero-order chi connectivity index (χ0) is 14.2. The molecule has 106 valence electrons. The SMILES string of the molecule is Nc1ccc2oc(Nc3ccc4c(c3)OCCO4)nc2c1. The highest BCUT2D eigenvalue weighted by Gasteiger charge is 2.13. The minimum Gasteiger partial charge on any atom is -0.486 e. The van der Waals surface area contributed by atoms with Crippen LogP contribution in [0.4, 0.5) is 17.4 Å². The fourth-order valence-electron chi connectivity index (χ4n) is 2.24. The quantitative estimate of drug-likeness (QED) is 0.704. The Balaban J connectivity index is 1.64. The van der Waals surface area contributed by atoms with Crippen LogP contribution in [0.3, 0.4) is 0 Å². The first kappa shape index (κ1) is 11.9. The van der Waals surface area contributed by atoms with E-state index in [4.69, 9.17) is 19.6 Å². The van der Waals surface area contributed by atoms with E-state index in [0.717, 1.165) is 17.0 Å². The van der Waals surface area contributed by atoms with Crippen molar-refractivity contribution in [3.63, 3.8) is 0 Å². The van der Waals surface area contributed by atoms with Crippen LogP contribution >= 0.6 is 0 Å². The number of fused-ring (bicyclic) bond motifs is 2. The van der Waals surface area contributed by atoms with Crippen molar-refractivity contribution in [2.24, 2.45) is 0 Å². The van der Waals surface area contributed by atoms with Crippen LogP contribution < -0.4 is 20.5 Å². The molecule has 3 N–H and O–H groups in total. The number of hydrogen-bond donors (Lipinski definition) is 2. The molecule has 2 aromatic carbocycles. The number of nitrogens with two attached hydrogens (primary N) is 1. The molecule has 2 heterocycles. The number of nitrogens with one attached hydrogen (secondary N) is 1. The zero-order valence-corrected chi connectivity index (χ0v) is 11.1. The second-order valence-electron chi connectivity index (χ2n) is 4.73. The average Bonchev–Trinajstić information content (AvgIpc) is 2.88. The first-order chi connectivity index (χ1) is 10.3. The molecule has 0 fully saturated rings. The van der Waals surface area contributed by atoms with E-state index in [2.05, 4.69) is 10.3 Å². The molecule has 0 bridgehead atoms. The Morgan fingerprint density at radius 3 is 2.76 bits per heavy atom. The number of nitrogen functional groups attached to an aromatic ring is 1. The lowest BCUT2D eigenvalue weighted by molar-refractivity contribution is 0.171. The summed E-state index contributed by atoms with van der Waals surface area (Å²) in [6.45, 7) is 1.13. The van der Waals surface area contributed by atoms with Gasteiger partial charge in [-0.25, -0.2) is 0 Å². The molecule has 1 aliphatic heterocycles. The number of hydrogen-bond acceptors (Lipinski definition) is 6. The Morgan fingerprint density at radius 1 is 1.00 bits per heavy atom. The molecule has 6 nitrogen and oxygen atoms in total. The van der Waals surface area contributed by atoms with Crippen molar-refractivity contribution < 1.29 is 13.9 Å². The van der Waals surface area contributed by atoms with Gasteiger partial charge in [-0.1, -0.05) is 0 Å². The van der Waals surface area contributed by atoms with Gasteiger partial charge < -0.3 is 24.9 Å². The van der Waals surface area contributed by atoms with E-state index < -0.39 is 0 Å². The summed E-state index contributed by atoms with van der Waals surface area (Å²) < 4.78 is 16.6. The first-order valence-electron chi connectivity index (χ1n) is 6.61. The Kier molecular flexibility index (Phi) is 2.60. The van der Waals surface area contributed by atoms with Crippen LogP contribution in [0.1, 0.15) is 0 Å². The van der Waals surface area contributed by atoms with Crippen molar-refractivity contribution in [3.8, 4) is 11.5 Å². The van der Waals surface area contributed by atoms with Gasteiger partial charge >= 0.3 is 0 Å². The van der Waals surface area contributed by atoms with Gasteiger partial charge in [-0.05, 0) is 30.3 Å². The lowest BCUT2D eigenvalue weighted by Crippen LogP contribution is -2.15. The van der Waals surface area contributed by atoms with Gasteiger partial charge in [0.05, 0.1) is 0 Å². The van der Waals surface area contributed by atoms with Crippen LogP contribution in [0.15, 0.2) is 40.8 Å². The minimum absolute atomic E-state index is 0.410. The normalized spacial score (nSPS) is 13.3. The van der Waals surface area contributed by atoms with Gasteiger partial charge in [-0.15, -0.1) is 0 Å². The van der Waals surface area contributed by atoms with Crippen LogP contribution in [0.25, 0.3) is 11.1 Å². The van der Waals surface area contributed by atoms with Crippen molar-refractivity contribution in [2.75, 3.05) is 24.3 Å². The van der Waals surface area contributed by atoms with Crippen molar-refractivity contribution >= 4 is 28.5 Å². The predicted molar refractivity (Wildman–Crippen MR) is 79.1 cm³/mol. The summed E-state index contributed by atoms with van der Waals surface area (Å²) >= 11 is 0. The molecule has 0 unspecified atom stereocenters. The summed E-state index contributed by atoms with van der Waals surface area (Å²) in [4.78, 5) is 4.35. The van der Waals surface area contributed by atoms with Crippen LogP contribution in [-0.4, -0.2) is 18.2 Å².